The third kappa shape index (κ3) is 7.91. The van der Waals surface area contributed by atoms with Gasteiger partial charge in [0.05, 0.1) is 11.0 Å². The number of amides is 1. The van der Waals surface area contributed by atoms with E-state index in [0.717, 1.165) is 19.3 Å². The van der Waals surface area contributed by atoms with E-state index in [-0.39, 0.29) is 17.6 Å². The number of carbonyl (C=O) groups is 1. The summed E-state index contributed by atoms with van der Waals surface area (Å²) < 4.78 is 1.87. The summed E-state index contributed by atoms with van der Waals surface area (Å²) in [6.45, 7) is 6.14. The van der Waals surface area contributed by atoms with Crippen molar-refractivity contribution in [2.24, 2.45) is 0 Å². The van der Waals surface area contributed by atoms with Crippen molar-refractivity contribution in [3.63, 3.8) is 0 Å². The molecule has 0 bridgehead atoms. The first-order chi connectivity index (χ1) is 17.4. The minimum Gasteiger partial charge on any atom is -0.346 e. The highest BCUT2D eigenvalue weighted by molar-refractivity contribution is 7.98. The molecule has 0 aliphatic rings. The van der Waals surface area contributed by atoms with E-state index in [2.05, 4.69) is 47.6 Å². The first-order valence-corrected chi connectivity index (χ1v) is 13.6. The maximum absolute atomic E-state index is 12.6. The van der Waals surface area contributed by atoms with Gasteiger partial charge in [0.25, 0.3) is 5.69 Å². The first kappa shape index (κ1) is 27.4. The summed E-state index contributed by atoms with van der Waals surface area (Å²) in [7, 11) is 0. The second-order valence-corrected chi connectivity index (χ2v) is 9.98. The maximum Gasteiger partial charge on any atom is 0.269 e. The van der Waals surface area contributed by atoms with Crippen LogP contribution in [0, 0.1) is 17.0 Å². The molecule has 3 rings (SSSR count). The lowest BCUT2D eigenvalue weighted by Crippen LogP contribution is -2.28. The Hall–Kier alpha value is -3.20. The summed E-state index contributed by atoms with van der Waals surface area (Å²) >= 11 is 1.54. The number of nitrogens with one attached hydrogen (secondary N) is 1. The number of nitro benzene ring substituents is 1. The van der Waals surface area contributed by atoms with Crippen molar-refractivity contribution < 1.29 is 9.72 Å². The summed E-state index contributed by atoms with van der Waals surface area (Å²) in [6.07, 6.45) is 7.24. The Bertz CT molecular complexity index is 1150. The third-order valence-electron chi connectivity index (χ3n) is 5.95. The van der Waals surface area contributed by atoms with Crippen LogP contribution in [-0.4, -0.2) is 25.6 Å². The van der Waals surface area contributed by atoms with Crippen LogP contribution in [0.4, 0.5) is 5.69 Å². The number of nitrogens with zero attached hydrogens (tertiary/aromatic N) is 4. The van der Waals surface area contributed by atoms with Crippen molar-refractivity contribution in [3.05, 3.63) is 75.6 Å². The van der Waals surface area contributed by atoms with Crippen LogP contribution in [-0.2, 0) is 10.5 Å². The quantitative estimate of drug-likeness (QED) is 0.112. The average Bonchev–Trinajstić information content (AvgIpc) is 3.29. The van der Waals surface area contributed by atoms with Crippen molar-refractivity contribution in [2.75, 3.05) is 0 Å². The molecular formula is C27H35N5O3S. The van der Waals surface area contributed by atoms with Gasteiger partial charge in [-0.15, -0.1) is 10.2 Å². The van der Waals surface area contributed by atoms with E-state index in [1.807, 2.05) is 17.6 Å². The zero-order valence-corrected chi connectivity index (χ0v) is 22.1. The summed E-state index contributed by atoms with van der Waals surface area (Å²) in [6, 6.07) is 14.2. The Labute approximate surface area is 217 Å². The zero-order chi connectivity index (χ0) is 25.9. The molecule has 2 aromatic carbocycles. The molecular weight excluding hydrogens is 474 g/mol. The summed E-state index contributed by atoms with van der Waals surface area (Å²) in [5, 5.41) is 23.7. The molecule has 0 saturated heterocycles. The highest BCUT2D eigenvalue weighted by atomic mass is 32.2. The van der Waals surface area contributed by atoms with Crippen molar-refractivity contribution in [3.8, 4) is 5.69 Å². The van der Waals surface area contributed by atoms with E-state index < -0.39 is 4.92 Å². The van der Waals surface area contributed by atoms with Crippen molar-refractivity contribution in [1.82, 2.24) is 20.1 Å². The van der Waals surface area contributed by atoms with Gasteiger partial charge in [-0.2, -0.15) is 0 Å². The Balaban J connectivity index is 1.75. The second-order valence-electron chi connectivity index (χ2n) is 9.03. The van der Waals surface area contributed by atoms with Gasteiger partial charge in [0.2, 0.25) is 5.91 Å². The van der Waals surface area contributed by atoms with Crippen molar-refractivity contribution in [1.29, 1.82) is 0 Å². The molecule has 1 aromatic heterocycles. The molecule has 1 atom stereocenters. The Morgan fingerprint density at radius 1 is 1.08 bits per heavy atom. The third-order valence-corrected chi connectivity index (χ3v) is 6.95. The van der Waals surface area contributed by atoms with Crippen LogP contribution in [0.1, 0.15) is 81.8 Å². The molecule has 0 spiro atoms. The summed E-state index contributed by atoms with van der Waals surface area (Å²) in [5.41, 5.74) is 3.08. The number of aryl methyl sites for hydroxylation is 1. The van der Waals surface area contributed by atoms with Gasteiger partial charge in [-0.25, -0.2) is 0 Å². The highest BCUT2D eigenvalue weighted by Crippen LogP contribution is 2.28. The molecule has 0 aliphatic heterocycles. The molecule has 1 N–H and O–H groups in total. The summed E-state index contributed by atoms with van der Waals surface area (Å²) in [4.78, 5) is 23.3. The molecule has 0 saturated carbocycles. The Kier molecular flexibility index (Phi) is 10.5. The van der Waals surface area contributed by atoms with Gasteiger partial charge in [0.1, 0.15) is 0 Å². The van der Waals surface area contributed by atoms with Gasteiger partial charge in [-0.3, -0.25) is 19.5 Å². The fourth-order valence-electron chi connectivity index (χ4n) is 4.02. The summed E-state index contributed by atoms with van der Waals surface area (Å²) in [5.74, 6) is 1.28. The monoisotopic (exact) mass is 509 g/mol. The van der Waals surface area contributed by atoms with Crippen molar-refractivity contribution in [2.45, 2.75) is 82.7 Å². The van der Waals surface area contributed by atoms with Gasteiger partial charge in [0.15, 0.2) is 11.0 Å². The number of non-ortho nitro benzene ring substituents is 1. The lowest BCUT2D eigenvalue weighted by molar-refractivity contribution is -0.384. The van der Waals surface area contributed by atoms with E-state index >= 15 is 0 Å². The molecule has 3 aromatic rings. The fourth-order valence-corrected chi connectivity index (χ4v) is 4.92. The number of unbranched alkanes of at least 4 members (excludes halogenated alkanes) is 5. The van der Waals surface area contributed by atoms with Crippen LogP contribution < -0.4 is 5.32 Å². The predicted octanol–water partition coefficient (Wildman–Crippen LogP) is 6.70. The van der Waals surface area contributed by atoms with E-state index in [1.54, 1.807) is 12.1 Å². The lowest BCUT2D eigenvalue weighted by atomic mass is 10.1. The number of nitro groups is 1. The van der Waals surface area contributed by atoms with Gasteiger partial charge in [-0.05, 0) is 38.0 Å². The molecule has 36 heavy (non-hydrogen) atoms. The first-order valence-electron chi connectivity index (χ1n) is 12.6. The smallest absolute Gasteiger partial charge is 0.269 e. The maximum atomic E-state index is 12.6. The number of hydrogen-bond acceptors (Lipinski definition) is 6. The number of benzene rings is 2. The Morgan fingerprint density at radius 2 is 1.81 bits per heavy atom. The largest absolute Gasteiger partial charge is 0.346 e. The number of thioether (sulfide) groups is 1. The van der Waals surface area contributed by atoms with Crippen LogP contribution >= 0.6 is 11.8 Å². The van der Waals surface area contributed by atoms with E-state index in [4.69, 9.17) is 0 Å². The molecule has 9 heteroatoms. The van der Waals surface area contributed by atoms with E-state index in [1.165, 1.54) is 54.3 Å². The predicted molar refractivity (Wildman–Crippen MR) is 143 cm³/mol. The second kappa shape index (κ2) is 13.8. The van der Waals surface area contributed by atoms with Gasteiger partial charge in [0, 0.05) is 30.0 Å². The molecule has 1 unspecified atom stereocenters. The molecule has 192 valence electrons. The zero-order valence-electron chi connectivity index (χ0n) is 21.3. The van der Waals surface area contributed by atoms with Gasteiger partial charge < -0.3 is 5.32 Å². The highest BCUT2D eigenvalue weighted by Gasteiger charge is 2.21. The Morgan fingerprint density at radius 3 is 2.50 bits per heavy atom. The minimum atomic E-state index is -0.421. The molecule has 0 aliphatic carbocycles. The molecule has 8 nitrogen and oxygen atoms in total. The molecule has 1 amide bonds. The molecule has 0 radical (unpaired) electrons. The number of hydrogen-bond donors (Lipinski definition) is 1. The minimum absolute atomic E-state index is 0.00907. The standard InChI is InChI=1S/C27H35N5O3S/c1-4-5-6-7-8-9-13-25(33)28-21(3)26-29-30-27(36-19-22-12-10-11-20(2)18-22)31(26)23-14-16-24(17-15-23)32(34)35/h10-12,14-18,21H,4-9,13,19H2,1-3H3,(H,28,33). The number of rotatable bonds is 14. The van der Waals surface area contributed by atoms with Crippen LogP contribution in [0.5, 0.6) is 0 Å². The van der Waals surface area contributed by atoms with E-state index in [9.17, 15) is 14.9 Å². The van der Waals surface area contributed by atoms with Crippen LogP contribution in [0.15, 0.2) is 53.7 Å². The number of carbonyl (C=O) groups excluding carboxylic acids is 1. The lowest BCUT2D eigenvalue weighted by Gasteiger charge is -2.16. The van der Waals surface area contributed by atoms with Crippen LogP contribution in [0.25, 0.3) is 5.69 Å². The van der Waals surface area contributed by atoms with Gasteiger partial charge >= 0.3 is 0 Å². The van der Waals surface area contributed by atoms with E-state index in [0.29, 0.717) is 28.8 Å². The average molecular weight is 510 g/mol. The molecule has 1 heterocycles. The van der Waals surface area contributed by atoms with Crippen LogP contribution in [0.3, 0.4) is 0 Å². The van der Waals surface area contributed by atoms with Gasteiger partial charge in [-0.1, -0.05) is 80.6 Å². The van der Waals surface area contributed by atoms with Crippen molar-refractivity contribution >= 4 is 23.4 Å². The van der Waals surface area contributed by atoms with Crippen LogP contribution in [0.2, 0.25) is 0 Å². The number of aromatic nitrogens is 3. The SMILES string of the molecule is CCCCCCCCC(=O)NC(C)c1nnc(SCc2cccc(C)c2)n1-c1ccc([N+](=O)[O-])cc1. The topological polar surface area (TPSA) is 103 Å². The fraction of sp³-hybridized carbons (Fsp3) is 0.444. The molecule has 0 fully saturated rings. The normalized spacial score (nSPS) is 11.9.